The Morgan fingerprint density at radius 2 is 2.00 bits per heavy atom. The lowest BCUT2D eigenvalue weighted by molar-refractivity contribution is -0.147. The maximum absolute atomic E-state index is 11.8. The maximum atomic E-state index is 11.8. The Morgan fingerprint density at radius 1 is 1.41 bits per heavy atom. The van der Waals surface area contributed by atoms with Crippen LogP contribution >= 0.6 is 11.8 Å². The number of thioether (sulfide) groups is 1. The van der Waals surface area contributed by atoms with Crippen molar-refractivity contribution in [2.75, 3.05) is 32.2 Å². The van der Waals surface area contributed by atoms with E-state index in [9.17, 15) is 4.79 Å². The molecule has 0 radical (unpaired) electrons. The van der Waals surface area contributed by atoms with Crippen LogP contribution in [0.1, 0.15) is 26.7 Å². The zero-order valence-corrected chi connectivity index (χ0v) is 12.3. The molecule has 3 nitrogen and oxygen atoms in total. The van der Waals surface area contributed by atoms with Crippen LogP contribution in [-0.4, -0.2) is 49.1 Å². The Bertz CT molecular complexity index is 238. The third-order valence-electron chi connectivity index (χ3n) is 3.72. The van der Waals surface area contributed by atoms with Gasteiger partial charge in [0.15, 0.2) is 0 Å². The van der Waals surface area contributed by atoms with Crippen LogP contribution in [0.3, 0.4) is 0 Å². The van der Waals surface area contributed by atoms with Crippen molar-refractivity contribution >= 4 is 17.7 Å². The third kappa shape index (κ3) is 4.18. The average Bonchev–Trinajstić information content (AvgIpc) is 2.35. The summed E-state index contributed by atoms with van der Waals surface area (Å²) in [6.07, 6.45) is 4.30. The van der Waals surface area contributed by atoms with Crippen molar-refractivity contribution in [1.82, 2.24) is 4.90 Å². The van der Waals surface area contributed by atoms with Crippen molar-refractivity contribution in [2.45, 2.75) is 32.7 Å². The van der Waals surface area contributed by atoms with Gasteiger partial charge in [0, 0.05) is 11.8 Å². The third-order valence-corrected chi connectivity index (χ3v) is 4.42. The fraction of sp³-hybridized carbons (Fsp3) is 0.923. The van der Waals surface area contributed by atoms with Crippen molar-refractivity contribution in [3.8, 4) is 0 Å². The zero-order valence-electron chi connectivity index (χ0n) is 11.4. The number of hydrogen-bond acceptors (Lipinski definition) is 4. The van der Waals surface area contributed by atoms with Gasteiger partial charge in [-0.1, -0.05) is 0 Å². The van der Waals surface area contributed by atoms with Gasteiger partial charge in [0.05, 0.1) is 13.0 Å². The summed E-state index contributed by atoms with van der Waals surface area (Å²) in [6.45, 7) is 6.70. The van der Waals surface area contributed by atoms with Crippen LogP contribution in [0.5, 0.6) is 0 Å². The number of piperidine rings is 1. The SMILES string of the molecule is COC(=O)C(CSC)C1CCN(C(C)C)CC1. The molecule has 1 atom stereocenters. The number of carbonyl (C=O) groups excluding carboxylic acids is 1. The molecule has 1 aliphatic rings. The number of rotatable bonds is 5. The summed E-state index contributed by atoms with van der Waals surface area (Å²) in [5.74, 6) is 1.45. The van der Waals surface area contributed by atoms with E-state index in [2.05, 4.69) is 25.0 Å². The number of hydrogen-bond donors (Lipinski definition) is 0. The number of methoxy groups -OCH3 is 1. The number of likely N-dealkylation sites (tertiary alicyclic amines) is 1. The average molecular weight is 259 g/mol. The van der Waals surface area contributed by atoms with E-state index in [0.717, 1.165) is 31.7 Å². The molecule has 0 saturated carbocycles. The largest absolute Gasteiger partial charge is 0.469 e. The second-order valence-electron chi connectivity index (χ2n) is 5.05. The Hall–Kier alpha value is -0.220. The highest BCUT2D eigenvalue weighted by atomic mass is 32.2. The van der Waals surface area contributed by atoms with Gasteiger partial charge in [0.1, 0.15) is 0 Å². The van der Waals surface area contributed by atoms with Crippen LogP contribution < -0.4 is 0 Å². The van der Waals surface area contributed by atoms with Gasteiger partial charge in [0.25, 0.3) is 0 Å². The standard InChI is InChI=1S/C13H25NO2S/c1-10(2)14-7-5-11(6-8-14)12(9-17-4)13(15)16-3/h10-12H,5-9H2,1-4H3. The minimum atomic E-state index is -0.0256. The lowest BCUT2D eigenvalue weighted by Gasteiger charge is -2.37. The smallest absolute Gasteiger partial charge is 0.309 e. The molecule has 0 N–H and O–H groups in total. The van der Waals surface area contributed by atoms with Crippen molar-refractivity contribution < 1.29 is 9.53 Å². The monoisotopic (exact) mass is 259 g/mol. The van der Waals surface area contributed by atoms with E-state index >= 15 is 0 Å². The first-order chi connectivity index (χ1) is 8.10. The van der Waals surface area contributed by atoms with E-state index in [1.165, 1.54) is 7.11 Å². The molecular weight excluding hydrogens is 234 g/mol. The Balaban J connectivity index is 2.51. The zero-order chi connectivity index (χ0) is 12.8. The van der Waals surface area contributed by atoms with Crippen LogP contribution in [0.2, 0.25) is 0 Å². The summed E-state index contributed by atoms with van der Waals surface area (Å²) in [7, 11) is 1.50. The summed E-state index contributed by atoms with van der Waals surface area (Å²) >= 11 is 1.74. The molecule has 1 aliphatic heterocycles. The molecule has 1 rings (SSSR count). The number of ether oxygens (including phenoxy) is 1. The second kappa shape index (κ2) is 7.27. The molecular formula is C13H25NO2S. The lowest BCUT2D eigenvalue weighted by atomic mass is 9.85. The van der Waals surface area contributed by atoms with E-state index in [-0.39, 0.29) is 11.9 Å². The summed E-state index contributed by atoms with van der Waals surface area (Å²) < 4.78 is 4.93. The molecule has 4 heteroatoms. The van der Waals surface area contributed by atoms with Gasteiger partial charge < -0.3 is 9.64 Å². The van der Waals surface area contributed by atoms with Gasteiger partial charge in [-0.2, -0.15) is 11.8 Å². The minimum absolute atomic E-state index is 0.0256. The van der Waals surface area contributed by atoms with Crippen molar-refractivity contribution in [1.29, 1.82) is 0 Å². The van der Waals surface area contributed by atoms with E-state index in [0.29, 0.717) is 12.0 Å². The summed E-state index contributed by atoms with van der Waals surface area (Å²) in [5.41, 5.74) is 0. The molecule has 0 aromatic carbocycles. The minimum Gasteiger partial charge on any atom is -0.469 e. The number of carbonyl (C=O) groups is 1. The van der Waals surface area contributed by atoms with Gasteiger partial charge in [-0.15, -0.1) is 0 Å². The quantitative estimate of drug-likeness (QED) is 0.708. The molecule has 0 bridgehead atoms. The first-order valence-corrected chi connectivity index (χ1v) is 7.80. The van der Waals surface area contributed by atoms with Gasteiger partial charge in [-0.3, -0.25) is 4.79 Å². The normalized spacial score (nSPS) is 20.5. The molecule has 17 heavy (non-hydrogen) atoms. The van der Waals surface area contributed by atoms with Crippen LogP contribution in [-0.2, 0) is 9.53 Å². The summed E-state index contributed by atoms with van der Waals surface area (Å²) in [4.78, 5) is 14.3. The summed E-state index contributed by atoms with van der Waals surface area (Å²) in [6, 6.07) is 0.619. The molecule has 1 saturated heterocycles. The predicted octanol–water partition coefficient (Wildman–Crippen LogP) is 2.26. The maximum Gasteiger partial charge on any atom is 0.309 e. The predicted molar refractivity (Wildman–Crippen MR) is 73.3 cm³/mol. The Kier molecular flexibility index (Phi) is 6.34. The summed E-state index contributed by atoms with van der Waals surface area (Å²) in [5, 5.41) is 0. The molecule has 0 aromatic rings. The lowest BCUT2D eigenvalue weighted by Crippen LogP contribution is -2.42. The molecule has 0 aliphatic carbocycles. The van der Waals surface area contributed by atoms with Gasteiger partial charge in [0.2, 0.25) is 0 Å². The highest BCUT2D eigenvalue weighted by molar-refractivity contribution is 7.98. The fourth-order valence-corrected chi connectivity index (χ4v) is 3.33. The Labute approximate surface area is 109 Å². The highest BCUT2D eigenvalue weighted by Crippen LogP contribution is 2.28. The number of nitrogens with zero attached hydrogens (tertiary/aromatic N) is 1. The molecule has 0 spiro atoms. The highest BCUT2D eigenvalue weighted by Gasteiger charge is 2.32. The molecule has 100 valence electrons. The van der Waals surface area contributed by atoms with Crippen LogP contribution in [0, 0.1) is 11.8 Å². The van der Waals surface area contributed by atoms with E-state index in [4.69, 9.17) is 4.74 Å². The van der Waals surface area contributed by atoms with Crippen LogP contribution in [0.25, 0.3) is 0 Å². The van der Waals surface area contributed by atoms with Crippen molar-refractivity contribution in [3.05, 3.63) is 0 Å². The van der Waals surface area contributed by atoms with Crippen molar-refractivity contribution in [3.63, 3.8) is 0 Å². The fourth-order valence-electron chi connectivity index (χ4n) is 2.57. The Morgan fingerprint density at radius 3 is 2.41 bits per heavy atom. The van der Waals surface area contributed by atoms with Gasteiger partial charge in [-0.25, -0.2) is 0 Å². The van der Waals surface area contributed by atoms with E-state index in [1.807, 2.05) is 0 Å². The first kappa shape index (κ1) is 14.8. The second-order valence-corrected chi connectivity index (χ2v) is 5.96. The molecule has 0 aromatic heterocycles. The van der Waals surface area contributed by atoms with Crippen LogP contribution in [0.15, 0.2) is 0 Å². The molecule has 1 heterocycles. The number of esters is 1. The van der Waals surface area contributed by atoms with E-state index < -0.39 is 0 Å². The van der Waals surface area contributed by atoms with Gasteiger partial charge in [-0.05, 0) is 52.0 Å². The van der Waals surface area contributed by atoms with Crippen molar-refractivity contribution in [2.24, 2.45) is 11.8 Å². The van der Waals surface area contributed by atoms with Crippen LogP contribution in [0.4, 0.5) is 0 Å². The molecule has 1 fully saturated rings. The molecule has 0 amide bonds. The first-order valence-electron chi connectivity index (χ1n) is 6.41. The van der Waals surface area contributed by atoms with Gasteiger partial charge >= 0.3 is 5.97 Å². The van der Waals surface area contributed by atoms with E-state index in [1.54, 1.807) is 11.8 Å². The topological polar surface area (TPSA) is 29.5 Å². The molecule has 1 unspecified atom stereocenters.